The quantitative estimate of drug-likeness (QED) is 0.596. The largest absolute Gasteiger partial charge is 0.487 e. The van der Waals surface area contributed by atoms with E-state index in [9.17, 15) is 13.2 Å². The van der Waals surface area contributed by atoms with E-state index in [0.29, 0.717) is 18.0 Å². The minimum absolute atomic E-state index is 0.0381. The van der Waals surface area contributed by atoms with Gasteiger partial charge >= 0.3 is 0 Å². The van der Waals surface area contributed by atoms with E-state index < -0.39 is 5.92 Å². The number of imidazole rings is 1. The van der Waals surface area contributed by atoms with Crippen LogP contribution in [-0.2, 0) is 6.61 Å². The molecule has 0 aliphatic heterocycles. The Kier molecular flexibility index (Phi) is 5.06. The summed E-state index contributed by atoms with van der Waals surface area (Å²) in [6.45, 7) is 3.71. The van der Waals surface area contributed by atoms with E-state index in [1.807, 2.05) is 19.1 Å². The van der Waals surface area contributed by atoms with Crippen molar-refractivity contribution in [2.75, 3.05) is 0 Å². The number of halogens is 3. The zero-order valence-electron chi connectivity index (χ0n) is 16.3. The van der Waals surface area contributed by atoms with Crippen molar-refractivity contribution in [3.8, 4) is 17.0 Å². The summed E-state index contributed by atoms with van der Waals surface area (Å²) in [4.78, 5) is 11.6. The SMILES string of the molecule is Cc1cnc(COc2ccc(-c3cnc(C4CCC(F)(F)C4)[nH]3)cc2C)c(F)c1. The summed E-state index contributed by atoms with van der Waals surface area (Å²) in [6.07, 6.45) is 3.47. The fourth-order valence-electron chi connectivity index (χ4n) is 3.67. The van der Waals surface area contributed by atoms with Gasteiger partial charge in [-0.3, -0.25) is 4.98 Å². The molecule has 1 N–H and O–H groups in total. The van der Waals surface area contributed by atoms with E-state index in [1.54, 1.807) is 25.4 Å². The van der Waals surface area contributed by atoms with Crippen LogP contribution in [0.3, 0.4) is 0 Å². The average Bonchev–Trinajstić information content (AvgIpc) is 3.28. The van der Waals surface area contributed by atoms with Gasteiger partial charge in [-0.1, -0.05) is 0 Å². The van der Waals surface area contributed by atoms with Crippen LogP contribution in [0, 0.1) is 19.7 Å². The maximum absolute atomic E-state index is 13.9. The summed E-state index contributed by atoms with van der Waals surface area (Å²) in [6, 6.07) is 7.02. The van der Waals surface area contributed by atoms with Gasteiger partial charge in [-0.2, -0.15) is 0 Å². The lowest BCUT2D eigenvalue weighted by atomic mass is 10.1. The molecule has 152 valence electrons. The molecule has 1 aliphatic carbocycles. The summed E-state index contributed by atoms with van der Waals surface area (Å²) in [5, 5.41) is 0. The number of aromatic amines is 1. The maximum atomic E-state index is 13.9. The first-order chi connectivity index (χ1) is 13.8. The van der Waals surface area contributed by atoms with Gasteiger partial charge in [-0.05, 0) is 55.7 Å². The fraction of sp³-hybridized carbons (Fsp3) is 0.364. The van der Waals surface area contributed by atoms with Gasteiger partial charge in [0.1, 0.15) is 29.7 Å². The Labute approximate surface area is 167 Å². The number of nitrogens with one attached hydrogen (secondary N) is 1. The van der Waals surface area contributed by atoms with E-state index in [0.717, 1.165) is 22.4 Å². The number of alkyl halides is 2. The molecule has 0 saturated heterocycles. The molecule has 0 amide bonds. The highest BCUT2D eigenvalue weighted by Gasteiger charge is 2.41. The van der Waals surface area contributed by atoms with E-state index in [4.69, 9.17) is 4.74 Å². The second-order valence-electron chi connectivity index (χ2n) is 7.69. The standard InChI is InChI=1S/C22H22F3N3O/c1-13-7-17(23)19(26-10-13)12-29-20-4-3-15(8-14(20)2)18-11-27-21(28-18)16-5-6-22(24,25)9-16/h3-4,7-8,10-11,16H,5-6,9,12H2,1-2H3,(H,27,28). The lowest BCUT2D eigenvalue weighted by molar-refractivity contribution is 0.00756. The molecule has 4 nitrogen and oxygen atoms in total. The van der Waals surface area contributed by atoms with Crippen LogP contribution in [-0.4, -0.2) is 20.9 Å². The van der Waals surface area contributed by atoms with Gasteiger partial charge < -0.3 is 9.72 Å². The Bertz CT molecular complexity index is 1030. The van der Waals surface area contributed by atoms with E-state index >= 15 is 0 Å². The van der Waals surface area contributed by atoms with Crippen LogP contribution in [0.5, 0.6) is 5.75 Å². The number of hydrogen-bond donors (Lipinski definition) is 1. The first-order valence-corrected chi connectivity index (χ1v) is 9.58. The highest BCUT2D eigenvalue weighted by molar-refractivity contribution is 5.61. The average molecular weight is 401 g/mol. The van der Waals surface area contributed by atoms with Crippen LogP contribution in [0.4, 0.5) is 13.2 Å². The first-order valence-electron chi connectivity index (χ1n) is 9.58. The van der Waals surface area contributed by atoms with Crippen molar-refractivity contribution in [3.63, 3.8) is 0 Å². The van der Waals surface area contributed by atoms with Crippen molar-refractivity contribution >= 4 is 0 Å². The zero-order chi connectivity index (χ0) is 20.6. The van der Waals surface area contributed by atoms with Gasteiger partial charge in [0, 0.05) is 30.5 Å². The molecule has 1 unspecified atom stereocenters. The number of ether oxygens (including phenoxy) is 1. The topological polar surface area (TPSA) is 50.8 Å². The molecule has 0 bridgehead atoms. The third-order valence-electron chi connectivity index (χ3n) is 5.29. The molecule has 1 atom stereocenters. The van der Waals surface area contributed by atoms with E-state index in [2.05, 4.69) is 15.0 Å². The Morgan fingerprint density at radius 3 is 2.69 bits per heavy atom. The molecule has 1 fully saturated rings. The maximum Gasteiger partial charge on any atom is 0.248 e. The second-order valence-corrected chi connectivity index (χ2v) is 7.69. The van der Waals surface area contributed by atoms with Crippen LogP contribution in [0.25, 0.3) is 11.3 Å². The molecule has 2 aromatic heterocycles. The fourth-order valence-corrected chi connectivity index (χ4v) is 3.67. The number of nitrogens with zero attached hydrogens (tertiary/aromatic N) is 2. The Hall–Kier alpha value is -2.83. The minimum atomic E-state index is -2.60. The predicted molar refractivity (Wildman–Crippen MR) is 104 cm³/mol. The van der Waals surface area contributed by atoms with E-state index in [-0.39, 0.29) is 36.9 Å². The number of aromatic nitrogens is 3. The van der Waals surface area contributed by atoms with Crippen molar-refractivity contribution in [1.29, 1.82) is 0 Å². The summed E-state index contributed by atoms with van der Waals surface area (Å²) in [5.74, 6) is -1.98. The summed E-state index contributed by atoms with van der Waals surface area (Å²) in [5.41, 5.74) is 3.55. The first kappa shape index (κ1) is 19.5. The molecule has 3 aromatic rings. The van der Waals surface area contributed by atoms with Gasteiger partial charge in [-0.15, -0.1) is 0 Å². The third kappa shape index (κ3) is 4.28. The van der Waals surface area contributed by atoms with Crippen LogP contribution in [0.2, 0.25) is 0 Å². The van der Waals surface area contributed by atoms with Crippen molar-refractivity contribution in [2.45, 2.75) is 51.6 Å². The molecular formula is C22H22F3N3O. The Balaban J connectivity index is 1.46. The monoisotopic (exact) mass is 401 g/mol. The van der Waals surface area contributed by atoms with Gasteiger partial charge in [0.05, 0.1) is 11.9 Å². The van der Waals surface area contributed by atoms with Gasteiger partial charge in [-0.25, -0.2) is 18.2 Å². The third-order valence-corrected chi connectivity index (χ3v) is 5.29. The number of hydrogen-bond acceptors (Lipinski definition) is 3. The summed E-state index contributed by atoms with van der Waals surface area (Å²) in [7, 11) is 0. The molecule has 0 spiro atoms. The molecule has 0 radical (unpaired) electrons. The molecule has 1 aliphatic rings. The second kappa shape index (κ2) is 7.54. The molecule has 29 heavy (non-hydrogen) atoms. The van der Waals surface area contributed by atoms with E-state index in [1.165, 1.54) is 6.07 Å². The predicted octanol–water partition coefficient (Wildman–Crippen LogP) is 5.71. The van der Waals surface area contributed by atoms with Crippen molar-refractivity contribution in [3.05, 3.63) is 65.1 Å². The number of aryl methyl sites for hydroxylation is 2. The van der Waals surface area contributed by atoms with Gasteiger partial charge in [0.25, 0.3) is 0 Å². The molecule has 4 rings (SSSR count). The highest BCUT2D eigenvalue weighted by atomic mass is 19.3. The van der Waals surface area contributed by atoms with Crippen molar-refractivity contribution in [1.82, 2.24) is 15.0 Å². The van der Waals surface area contributed by atoms with Crippen LogP contribution < -0.4 is 4.74 Å². The molecule has 1 saturated carbocycles. The molecular weight excluding hydrogens is 379 g/mol. The number of H-pyrrole nitrogens is 1. The number of pyridine rings is 1. The number of benzene rings is 1. The minimum Gasteiger partial charge on any atom is -0.487 e. The summed E-state index contributed by atoms with van der Waals surface area (Å²) >= 11 is 0. The van der Waals surface area contributed by atoms with Crippen LogP contribution >= 0.6 is 0 Å². The Morgan fingerprint density at radius 1 is 1.17 bits per heavy atom. The summed E-state index contributed by atoms with van der Waals surface area (Å²) < 4.78 is 46.6. The highest BCUT2D eigenvalue weighted by Crippen LogP contribution is 2.43. The smallest absolute Gasteiger partial charge is 0.248 e. The number of rotatable bonds is 5. The molecule has 1 aromatic carbocycles. The molecule has 2 heterocycles. The normalized spacial score (nSPS) is 18.2. The van der Waals surface area contributed by atoms with Crippen LogP contribution in [0.1, 0.15) is 47.8 Å². The molecule has 7 heteroatoms. The van der Waals surface area contributed by atoms with Crippen molar-refractivity contribution in [2.24, 2.45) is 0 Å². The van der Waals surface area contributed by atoms with Gasteiger partial charge in [0.2, 0.25) is 5.92 Å². The lowest BCUT2D eigenvalue weighted by Gasteiger charge is -2.11. The van der Waals surface area contributed by atoms with Crippen molar-refractivity contribution < 1.29 is 17.9 Å². The van der Waals surface area contributed by atoms with Gasteiger partial charge in [0.15, 0.2) is 0 Å². The Morgan fingerprint density at radius 2 is 2.00 bits per heavy atom. The van der Waals surface area contributed by atoms with Crippen LogP contribution in [0.15, 0.2) is 36.7 Å². The zero-order valence-corrected chi connectivity index (χ0v) is 16.3. The lowest BCUT2D eigenvalue weighted by Crippen LogP contribution is -2.09.